The summed E-state index contributed by atoms with van der Waals surface area (Å²) in [4.78, 5) is 24.6. The molecule has 1 aliphatic heterocycles. The van der Waals surface area contributed by atoms with Gasteiger partial charge in [0.05, 0.1) is 29.1 Å². The van der Waals surface area contributed by atoms with Crippen LogP contribution in [0.1, 0.15) is 11.1 Å². The van der Waals surface area contributed by atoms with Gasteiger partial charge in [0.1, 0.15) is 10.8 Å². The van der Waals surface area contributed by atoms with E-state index in [1.165, 1.54) is 6.20 Å². The van der Waals surface area contributed by atoms with Crippen molar-refractivity contribution in [3.63, 3.8) is 0 Å². The average Bonchev–Trinajstić information content (AvgIpc) is 2.80. The minimum absolute atomic E-state index is 0.0651. The first-order chi connectivity index (χ1) is 15.3. The normalized spacial score (nSPS) is 14.3. The van der Waals surface area contributed by atoms with Crippen molar-refractivity contribution in [3.8, 4) is 11.9 Å². The number of nitriles is 1. The van der Waals surface area contributed by atoms with Crippen LogP contribution >= 0.6 is 11.6 Å². The second-order valence-electron chi connectivity index (χ2n) is 6.95. The Labute approximate surface area is 185 Å². The summed E-state index contributed by atoms with van der Waals surface area (Å²) < 4.78 is 39.0. The molecule has 0 aliphatic carbocycles. The molecule has 0 unspecified atom stereocenters. The van der Waals surface area contributed by atoms with E-state index in [1.807, 2.05) is 9.80 Å². The van der Waals surface area contributed by atoms with Crippen molar-refractivity contribution in [1.82, 2.24) is 19.7 Å². The van der Waals surface area contributed by atoms with E-state index in [4.69, 9.17) is 16.9 Å². The summed E-state index contributed by atoms with van der Waals surface area (Å²) in [5.41, 5.74) is -0.657. The van der Waals surface area contributed by atoms with Crippen LogP contribution < -0.4 is 15.4 Å². The van der Waals surface area contributed by atoms with Crippen molar-refractivity contribution >= 4 is 23.1 Å². The van der Waals surface area contributed by atoms with Crippen LogP contribution in [0.25, 0.3) is 5.82 Å². The third-order valence-corrected chi connectivity index (χ3v) is 5.37. The highest BCUT2D eigenvalue weighted by Crippen LogP contribution is 2.29. The summed E-state index contributed by atoms with van der Waals surface area (Å²) >= 11 is 6.29. The molecule has 0 amide bonds. The summed E-state index contributed by atoms with van der Waals surface area (Å²) in [5, 5.41) is 13.0. The van der Waals surface area contributed by atoms with Gasteiger partial charge in [-0.05, 0) is 24.3 Å². The number of halogens is 4. The molecular formula is C20H15ClF3N7O. The van der Waals surface area contributed by atoms with Gasteiger partial charge in [-0.15, -0.1) is 0 Å². The van der Waals surface area contributed by atoms with E-state index in [1.54, 1.807) is 18.3 Å². The van der Waals surface area contributed by atoms with Gasteiger partial charge in [-0.1, -0.05) is 11.6 Å². The van der Waals surface area contributed by atoms with E-state index in [-0.39, 0.29) is 10.8 Å². The molecule has 12 heteroatoms. The van der Waals surface area contributed by atoms with Crippen LogP contribution in [-0.4, -0.2) is 45.9 Å². The van der Waals surface area contributed by atoms with Crippen LogP contribution in [0.15, 0.2) is 47.7 Å². The SMILES string of the molecule is N#Cc1ccnc(N2CCN(c3cnn(-c4ccc(C(F)(F)F)cn4)c(=O)c3Cl)CC2)c1. The largest absolute Gasteiger partial charge is 0.417 e. The highest BCUT2D eigenvalue weighted by Gasteiger charge is 2.31. The number of nitrogens with zero attached hydrogens (tertiary/aromatic N) is 7. The molecule has 3 aromatic heterocycles. The molecule has 3 aromatic rings. The van der Waals surface area contributed by atoms with Gasteiger partial charge in [0.2, 0.25) is 0 Å². The van der Waals surface area contributed by atoms with Crippen LogP contribution in [0.3, 0.4) is 0 Å². The molecule has 0 radical (unpaired) electrons. The van der Waals surface area contributed by atoms with Gasteiger partial charge in [0, 0.05) is 38.6 Å². The van der Waals surface area contributed by atoms with Gasteiger partial charge in [0.25, 0.3) is 5.56 Å². The fraction of sp³-hybridized carbons (Fsp3) is 0.250. The lowest BCUT2D eigenvalue weighted by atomic mass is 10.2. The summed E-state index contributed by atoms with van der Waals surface area (Å²) in [6, 6.07) is 7.31. The number of rotatable bonds is 3. The second kappa shape index (κ2) is 8.47. The van der Waals surface area contributed by atoms with Crippen LogP contribution in [-0.2, 0) is 6.18 Å². The Morgan fingerprint density at radius 1 is 1.00 bits per heavy atom. The molecule has 8 nitrogen and oxygen atoms in total. The van der Waals surface area contributed by atoms with Gasteiger partial charge in [-0.3, -0.25) is 4.79 Å². The van der Waals surface area contributed by atoms with E-state index < -0.39 is 17.3 Å². The predicted molar refractivity (Wildman–Crippen MR) is 111 cm³/mol. The predicted octanol–water partition coefficient (Wildman–Crippen LogP) is 2.89. The topological polar surface area (TPSA) is 90.9 Å². The number of aromatic nitrogens is 4. The maximum atomic E-state index is 12.7. The number of pyridine rings is 2. The number of anilines is 2. The fourth-order valence-corrected chi connectivity index (χ4v) is 3.57. The smallest absolute Gasteiger partial charge is 0.365 e. The monoisotopic (exact) mass is 461 g/mol. The molecule has 0 N–H and O–H groups in total. The zero-order chi connectivity index (χ0) is 22.9. The number of alkyl halides is 3. The van der Waals surface area contributed by atoms with Crippen LogP contribution in [0.2, 0.25) is 5.02 Å². The van der Waals surface area contributed by atoms with E-state index in [9.17, 15) is 18.0 Å². The van der Waals surface area contributed by atoms with Crippen molar-refractivity contribution < 1.29 is 13.2 Å². The van der Waals surface area contributed by atoms with E-state index in [2.05, 4.69) is 21.1 Å². The lowest BCUT2D eigenvalue weighted by molar-refractivity contribution is -0.137. The maximum absolute atomic E-state index is 12.7. The van der Waals surface area contributed by atoms with Crippen LogP contribution in [0.5, 0.6) is 0 Å². The average molecular weight is 462 g/mol. The van der Waals surface area contributed by atoms with E-state index in [0.29, 0.717) is 49.4 Å². The fourth-order valence-electron chi connectivity index (χ4n) is 3.32. The second-order valence-corrected chi connectivity index (χ2v) is 7.33. The van der Waals surface area contributed by atoms with E-state index >= 15 is 0 Å². The van der Waals surface area contributed by atoms with Gasteiger partial charge in [-0.25, -0.2) is 9.97 Å². The molecule has 0 saturated carbocycles. The molecule has 164 valence electrons. The van der Waals surface area contributed by atoms with Crippen molar-refractivity contribution in [2.75, 3.05) is 36.0 Å². The van der Waals surface area contributed by atoms with Gasteiger partial charge < -0.3 is 9.80 Å². The van der Waals surface area contributed by atoms with Crippen molar-refractivity contribution in [3.05, 3.63) is 69.4 Å². The maximum Gasteiger partial charge on any atom is 0.417 e. The Hall–Kier alpha value is -3.65. The Morgan fingerprint density at radius 2 is 1.72 bits per heavy atom. The number of hydrogen-bond acceptors (Lipinski definition) is 7. The third-order valence-electron chi connectivity index (χ3n) is 5.01. The van der Waals surface area contributed by atoms with Crippen molar-refractivity contribution in [2.45, 2.75) is 6.18 Å². The molecule has 0 aromatic carbocycles. The lowest BCUT2D eigenvalue weighted by Gasteiger charge is -2.36. The molecule has 4 rings (SSSR count). The van der Waals surface area contributed by atoms with Crippen molar-refractivity contribution in [1.29, 1.82) is 5.26 Å². The minimum Gasteiger partial charge on any atom is -0.365 e. The Kier molecular flexibility index (Phi) is 5.71. The molecule has 4 heterocycles. The van der Waals surface area contributed by atoms with Gasteiger partial charge in [-0.2, -0.15) is 28.2 Å². The Bertz CT molecular complexity index is 1230. The standard InChI is InChI=1S/C20H15ClF3N7O/c21-18-15(29-5-7-30(8-6-29)17-9-13(10-25)3-4-26-17)12-28-31(19(18)32)16-2-1-14(11-27-16)20(22,23)24/h1-4,9,11-12H,5-8H2. The first-order valence-electron chi connectivity index (χ1n) is 9.45. The molecule has 0 bridgehead atoms. The summed E-state index contributed by atoms with van der Waals surface area (Å²) in [7, 11) is 0. The first-order valence-corrected chi connectivity index (χ1v) is 9.83. The van der Waals surface area contributed by atoms with Gasteiger partial charge >= 0.3 is 6.18 Å². The summed E-state index contributed by atoms with van der Waals surface area (Å²) in [5.74, 6) is 0.626. The third kappa shape index (κ3) is 4.22. The van der Waals surface area contributed by atoms with Gasteiger partial charge in [0.15, 0.2) is 5.82 Å². The quantitative estimate of drug-likeness (QED) is 0.592. The molecular weight excluding hydrogens is 447 g/mol. The lowest BCUT2D eigenvalue weighted by Crippen LogP contribution is -2.47. The van der Waals surface area contributed by atoms with Crippen LogP contribution in [0, 0.1) is 11.3 Å². The van der Waals surface area contributed by atoms with Crippen molar-refractivity contribution in [2.24, 2.45) is 0 Å². The Morgan fingerprint density at radius 3 is 2.34 bits per heavy atom. The summed E-state index contributed by atoms with van der Waals surface area (Å²) in [6.07, 6.45) is -0.915. The number of hydrogen-bond donors (Lipinski definition) is 0. The zero-order valence-electron chi connectivity index (χ0n) is 16.4. The molecule has 0 spiro atoms. The van der Waals surface area contributed by atoms with Crippen LogP contribution in [0.4, 0.5) is 24.7 Å². The Balaban J connectivity index is 1.52. The highest BCUT2D eigenvalue weighted by molar-refractivity contribution is 6.33. The van der Waals surface area contributed by atoms with E-state index in [0.717, 1.165) is 16.8 Å². The molecule has 1 fully saturated rings. The molecule has 1 saturated heterocycles. The first kappa shape index (κ1) is 21.6. The minimum atomic E-state index is -4.53. The highest BCUT2D eigenvalue weighted by atomic mass is 35.5. The molecule has 32 heavy (non-hydrogen) atoms. The molecule has 0 atom stereocenters. The zero-order valence-corrected chi connectivity index (χ0v) is 17.2. The summed E-state index contributed by atoms with van der Waals surface area (Å²) in [6.45, 7) is 2.23. The number of piperazine rings is 1. The molecule has 1 aliphatic rings.